The third-order valence-electron chi connectivity index (χ3n) is 2.50. The first kappa shape index (κ1) is 15.4. The van der Waals surface area contributed by atoms with Gasteiger partial charge in [0.2, 0.25) is 0 Å². The molecule has 0 amide bonds. The number of hydrogen-bond donors (Lipinski definition) is 0. The van der Waals surface area contributed by atoms with Gasteiger partial charge in [0.1, 0.15) is 0 Å². The van der Waals surface area contributed by atoms with Gasteiger partial charge in [0.15, 0.2) is 6.23 Å². The van der Waals surface area contributed by atoms with Crippen molar-refractivity contribution in [3.63, 3.8) is 0 Å². The number of nitrogens with zero attached hydrogens (tertiary/aromatic N) is 1. The molecule has 0 aromatic heterocycles. The van der Waals surface area contributed by atoms with E-state index < -0.39 is 5.41 Å². The lowest BCUT2D eigenvalue weighted by molar-refractivity contribution is -0.170. The highest BCUT2D eigenvalue weighted by Crippen LogP contribution is 2.19. The van der Waals surface area contributed by atoms with E-state index in [1.165, 1.54) is 0 Å². The van der Waals surface area contributed by atoms with E-state index in [4.69, 9.17) is 4.74 Å². The Morgan fingerprint density at radius 3 is 1.62 bits per heavy atom. The van der Waals surface area contributed by atoms with Crippen molar-refractivity contribution < 1.29 is 9.53 Å². The summed E-state index contributed by atoms with van der Waals surface area (Å²) in [7, 11) is 0. The van der Waals surface area contributed by atoms with Crippen LogP contribution in [0.15, 0.2) is 0 Å². The van der Waals surface area contributed by atoms with E-state index in [0.717, 1.165) is 0 Å². The molecule has 0 aromatic rings. The molecular formula is C13H27NO2. The summed E-state index contributed by atoms with van der Waals surface area (Å²) in [6.45, 7) is 16.0. The van der Waals surface area contributed by atoms with Crippen LogP contribution in [0.25, 0.3) is 0 Å². The van der Waals surface area contributed by atoms with Crippen LogP contribution in [0.5, 0.6) is 0 Å². The molecule has 0 heterocycles. The molecule has 0 spiro atoms. The Kier molecular flexibility index (Phi) is 5.47. The third-order valence-corrected chi connectivity index (χ3v) is 2.50. The summed E-state index contributed by atoms with van der Waals surface area (Å²) >= 11 is 0. The molecule has 0 aliphatic carbocycles. The number of rotatable bonds is 4. The maximum atomic E-state index is 11.8. The summed E-state index contributed by atoms with van der Waals surface area (Å²) in [5.74, 6) is -0.147. The van der Waals surface area contributed by atoms with Gasteiger partial charge in [0.05, 0.1) is 5.41 Å². The zero-order valence-electron chi connectivity index (χ0n) is 12.0. The van der Waals surface area contributed by atoms with Crippen molar-refractivity contribution in [3.8, 4) is 0 Å². The molecule has 0 rings (SSSR count). The number of carbonyl (C=O) groups excluding carboxylic acids is 1. The van der Waals surface area contributed by atoms with Crippen molar-refractivity contribution in [2.24, 2.45) is 5.41 Å². The van der Waals surface area contributed by atoms with Crippen molar-refractivity contribution in [2.45, 2.75) is 73.7 Å². The summed E-state index contributed by atoms with van der Waals surface area (Å²) in [5.41, 5.74) is -0.437. The molecule has 1 atom stereocenters. The van der Waals surface area contributed by atoms with Crippen molar-refractivity contribution >= 4 is 5.97 Å². The largest absolute Gasteiger partial charge is 0.446 e. The smallest absolute Gasteiger partial charge is 0.312 e. The molecule has 0 aromatic carbocycles. The summed E-state index contributed by atoms with van der Waals surface area (Å²) < 4.78 is 5.49. The van der Waals surface area contributed by atoms with Gasteiger partial charge in [-0.25, -0.2) is 0 Å². The first-order chi connectivity index (χ1) is 7.07. The lowest BCUT2D eigenvalue weighted by Gasteiger charge is -2.36. The zero-order chi connectivity index (χ0) is 13.1. The average molecular weight is 229 g/mol. The Balaban J connectivity index is 4.55. The highest BCUT2D eigenvalue weighted by molar-refractivity contribution is 5.75. The molecule has 0 saturated carbocycles. The van der Waals surface area contributed by atoms with Crippen molar-refractivity contribution in [2.75, 3.05) is 0 Å². The predicted octanol–water partition coefficient (Wildman–Crippen LogP) is 3.04. The summed E-state index contributed by atoms with van der Waals surface area (Å²) in [5, 5.41) is 0. The van der Waals surface area contributed by atoms with E-state index in [9.17, 15) is 4.79 Å². The molecule has 0 N–H and O–H groups in total. The minimum Gasteiger partial charge on any atom is -0.446 e. The SMILES string of the molecule is CC(C)N(C(C)C)C(C)OC(=O)C(C)(C)C. The van der Waals surface area contributed by atoms with E-state index in [2.05, 4.69) is 32.6 Å². The van der Waals surface area contributed by atoms with Crippen LogP contribution >= 0.6 is 0 Å². The highest BCUT2D eigenvalue weighted by atomic mass is 16.6. The molecule has 0 fully saturated rings. The van der Waals surface area contributed by atoms with E-state index in [-0.39, 0.29) is 12.2 Å². The summed E-state index contributed by atoms with van der Waals surface area (Å²) in [6, 6.07) is 0.727. The van der Waals surface area contributed by atoms with Gasteiger partial charge >= 0.3 is 5.97 Å². The van der Waals surface area contributed by atoms with Crippen LogP contribution in [-0.4, -0.2) is 29.2 Å². The fourth-order valence-corrected chi connectivity index (χ4v) is 1.83. The summed E-state index contributed by atoms with van der Waals surface area (Å²) in [6.07, 6.45) is -0.174. The van der Waals surface area contributed by atoms with E-state index in [1.807, 2.05) is 27.7 Å². The number of ether oxygens (including phenoxy) is 1. The molecule has 0 saturated heterocycles. The molecule has 3 heteroatoms. The standard InChI is InChI=1S/C13H27NO2/c1-9(2)14(10(3)4)11(5)16-12(15)13(6,7)8/h9-11H,1-8H3. The van der Waals surface area contributed by atoms with Gasteiger partial charge in [0, 0.05) is 12.1 Å². The second-order valence-electron chi connectivity index (χ2n) is 5.89. The van der Waals surface area contributed by atoms with Crippen LogP contribution in [0.2, 0.25) is 0 Å². The van der Waals surface area contributed by atoms with E-state index >= 15 is 0 Å². The molecule has 96 valence electrons. The highest BCUT2D eigenvalue weighted by Gasteiger charge is 2.29. The number of hydrogen-bond acceptors (Lipinski definition) is 3. The van der Waals surface area contributed by atoms with Gasteiger partial charge in [-0.05, 0) is 55.4 Å². The topological polar surface area (TPSA) is 29.5 Å². The maximum absolute atomic E-state index is 11.8. The van der Waals surface area contributed by atoms with Crippen LogP contribution in [0.1, 0.15) is 55.4 Å². The van der Waals surface area contributed by atoms with Gasteiger partial charge in [0.25, 0.3) is 0 Å². The fourth-order valence-electron chi connectivity index (χ4n) is 1.83. The Hall–Kier alpha value is -0.570. The van der Waals surface area contributed by atoms with Crippen molar-refractivity contribution in [1.82, 2.24) is 4.90 Å². The molecule has 0 aliphatic rings. The molecule has 3 nitrogen and oxygen atoms in total. The molecular weight excluding hydrogens is 202 g/mol. The van der Waals surface area contributed by atoms with Gasteiger partial charge in [-0.1, -0.05) is 0 Å². The van der Waals surface area contributed by atoms with Gasteiger partial charge in [-0.2, -0.15) is 0 Å². The van der Waals surface area contributed by atoms with Gasteiger partial charge in [-0.15, -0.1) is 0 Å². The first-order valence-corrected chi connectivity index (χ1v) is 6.06. The van der Waals surface area contributed by atoms with Gasteiger partial charge < -0.3 is 4.74 Å². The molecule has 0 aliphatic heterocycles. The van der Waals surface area contributed by atoms with Crippen LogP contribution in [0.3, 0.4) is 0 Å². The fraction of sp³-hybridized carbons (Fsp3) is 0.923. The number of esters is 1. The van der Waals surface area contributed by atoms with E-state index in [1.54, 1.807) is 0 Å². The van der Waals surface area contributed by atoms with Crippen LogP contribution < -0.4 is 0 Å². The van der Waals surface area contributed by atoms with Crippen molar-refractivity contribution in [1.29, 1.82) is 0 Å². The van der Waals surface area contributed by atoms with E-state index in [0.29, 0.717) is 12.1 Å². The molecule has 1 unspecified atom stereocenters. The molecule has 0 bridgehead atoms. The second-order valence-corrected chi connectivity index (χ2v) is 5.89. The van der Waals surface area contributed by atoms with Gasteiger partial charge in [-0.3, -0.25) is 9.69 Å². The van der Waals surface area contributed by atoms with Crippen LogP contribution in [0.4, 0.5) is 0 Å². The minimum absolute atomic E-state index is 0.147. The van der Waals surface area contributed by atoms with Crippen LogP contribution in [-0.2, 0) is 9.53 Å². The predicted molar refractivity (Wildman–Crippen MR) is 67.1 cm³/mol. The quantitative estimate of drug-likeness (QED) is 0.548. The Morgan fingerprint density at radius 1 is 1.00 bits per heavy atom. The van der Waals surface area contributed by atoms with Crippen LogP contribution in [0, 0.1) is 5.41 Å². The summed E-state index contributed by atoms with van der Waals surface area (Å²) in [4.78, 5) is 14.0. The second kappa shape index (κ2) is 5.67. The lowest BCUT2D eigenvalue weighted by atomic mass is 9.97. The maximum Gasteiger partial charge on any atom is 0.312 e. The van der Waals surface area contributed by atoms with Crippen molar-refractivity contribution in [3.05, 3.63) is 0 Å². The number of carbonyl (C=O) groups is 1. The Morgan fingerprint density at radius 2 is 1.38 bits per heavy atom. The minimum atomic E-state index is -0.437. The Labute approximate surface area is 100 Å². The molecule has 0 radical (unpaired) electrons. The zero-order valence-corrected chi connectivity index (χ0v) is 12.0. The molecule has 16 heavy (non-hydrogen) atoms. The average Bonchev–Trinajstić information content (AvgIpc) is 1.99. The lowest BCUT2D eigenvalue weighted by Crippen LogP contribution is -2.46. The normalized spacial score (nSPS) is 14.7. The monoisotopic (exact) mass is 229 g/mol. The third kappa shape index (κ3) is 4.52. The first-order valence-electron chi connectivity index (χ1n) is 6.06. The Bertz CT molecular complexity index is 221.